The van der Waals surface area contributed by atoms with Crippen LogP contribution in [0.25, 0.3) is 0 Å². The van der Waals surface area contributed by atoms with Crippen LogP contribution in [0.5, 0.6) is 0 Å². The van der Waals surface area contributed by atoms with Gasteiger partial charge in [-0.25, -0.2) is 4.79 Å². The van der Waals surface area contributed by atoms with Gasteiger partial charge in [0.15, 0.2) is 0 Å². The Hall–Kier alpha value is -0.480. The molecule has 0 radical (unpaired) electrons. The van der Waals surface area contributed by atoms with Gasteiger partial charge in [0.05, 0.1) is 0 Å². The van der Waals surface area contributed by atoms with E-state index in [2.05, 4.69) is 5.32 Å². The third-order valence-electron chi connectivity index (χ3n) is 2.94. The van der Waals surface area contributed by atoms with Crippen molar-refractivity contribution < 1.29 is 9.90 Å². The Labute approximate surface area is 102 Å². The molecule has 1 aliphatic rings. The van der Waals surface area contributed by atoms with Crippen molar-refractivity contribution in [1.29, 1.82) is 0 Å². The van der Waals surface area contributed by atoms with Crippen LogP contribution in [-0.4, -0.2) is 47.7 Å². The predicted molar refractivity (Wildman–Crippen MR) is 64.8 cm³/mol. The van der Waals surface area contributed by atoms with Gasteiger partial charge in [0, 0.05) is 31.6 Å². The largest absolute Gasteiger partial charge is 0.396 e. The molecule has 1 saturated heterocycles. The summed E-state index contributed by atoms with van der Waals surface area (Å²) in [6.45, 7) is 1.58. The number of aliphatic hydroxyl groups excluding tert-OH is 1. The Bertz CT molecular complexity index is 212. The lowest BCUT2D eigenvalue weighted by atomic mass is 10.0. The number of hydrogen-bond donors (Lipinski definition) is 2. The van der Waals surface area contributed by atoms with E-state index in [1.54, 1.807) is 0 Å². The van der Waals surface area contributed by atoms with Crippen molar-refractivity contribution in [2.24, 2.45) is 0 Å². The minimum Gasteiger partial charge on any atom is -0.396 e. The molecule has 0 saturated carbocycles. The Morgan fingerprint density at radius 1 is 1.50 bits per heavy atom. The summed E-state index contributed by atoms with van der Waals surface area (Å²) in [5.74, 6) is 0.570. The number of nitrogens with zero attached hydrogens (tertiary/aromatic N) is 1. The van der Waals surface area contributed by atoms with E-state index in [1.165, 1.54) is 0 Å². The fourth-order valence-corrected chi connectivity index (χ4v) is 2.21. The lowest BCUT2D eigenvalue weighted by molar-refractivity contribution is 0.132. The minimum absolute atomic E-state index is 0.0109. The van der Waals surface area contributed by atoms with E-state index in [1.807, 2.05) is 4.90 Å². The number of rotatable bonds is 5. The maximum Gasteiger partial charge on any atom is 0.317 e. The van der Waals surface area contributed by atoms with Crippen LogP contribution in [-0.2, 0) is 0 Å². The SMILES string of the molecule is O=C(NCCCCl)N1CCCCC1CCO. The molecule has 4 nitrogen and oxygen atoms in total. The number of alkyl halides is 1. The van der Waals surface area contributed by atoms with Gasteiger partial charge in [0.1, 0.15) is 0 Å². The molecule has 1 rings (SSSR count). The highest BCUT2D eigenvalue weighted by Gasteiger charge is 2.25. The first-order chi connectivity index (χ1) is 7.79. The van der Waals surface area contributed by atoms with Crippen molar-refractivity contribution in [1.82, 2.24) is 10.2 Å². The second-order valence-electron chi connectivity index (χ2n) is 4.13. The molecule has 1 heterocycles. The van der Waals surface area contributed by atoms with Crippen molar-refractivity contribution in [2.45, 2.75) is 38.1 Å². The lowest BCUT2D eigenvalue weighted by Gasteiger charge is -2.35. The van der Waals surface area contributed by atoms with Crippen LogP contribution in [0.1, 0.15) is 32.1 Å². The van der Waals surface area contributed by atoms with Crippen LogP contribution in [0.4, 0.5) is 4.79 Å². The molecule has 0 aromatic carbocycles. The maximum absolute atomic E-state index is 11.8. The number of amides is 2. The van der Waals surface area contributed by atoms with E-state index in [0.29, 0.717) is 18.8 Å². The maximum atomic E-state index is 11.8. The number of piperidine rings is 1. The Morgan fingerprint density at radius 3 is 3.00 bits per heavy atom. The molecule has 16 heavy (non-hydrogen) atoms. The van der Waals surface area contributed by atoms with E-state index in [4.69, 9.17) is 16.7 Å². The monoisotopic (exact) mass is 248 g/mol. The number of carbonyl (C=O) groups is 1. The molecule has 2 N–H and O–H groups in total. The summed E-state index contributed by atoms with van der Waals surface area (Å²) in [5, 5.41) is 11.8. The lowest BCUT2D eigenvalue weighted by Crippen LogP contribution is -2.49. The molecule has 0 spiro atoms. The number of nitrogens with one attached hydrogen (secondary N) is 1. The molecule has 1 aliphatic heterocycles. The number of hydrogen-bond acceptors (Lipinski definition) is 2. The first-order valence-corrected chi connectivity index (χ1v) is 6.54. The highest BCUT2D eigenvalue weighted by molar-refractivity contribution is 6.17. The second-order valence-corrected chi connectivity index (χ2v) is 4.51. The molecular weight excluding hydrogens is 228 g/mol. The molecule has 94 valence electrons. The van der Waals surface area contributed by atoms with Gasteiger partial charge in [-0.05, 0) is 32.1 Å². The first-order valence-electron chi connectivity index (χ1n) is 6.01. The van der Waals surface area contributed by atoms with Gasteiger partial charge in [0.2, 0.25) is 0 Å². The zero-order chi connectivity index (χ0) is 11.8. The molecule has 0 bridgehead atoms. The smallest absolute Gasteiger partial charge is 0.317 e. The Balaban J connectivity index is 2.37. The molecule has 2 amide bonds. The number of carbonyl (C=O) groups excluding carboxylic acids is 1. The molecule has 0 aliphatic carbocycles. The fraction of sp³-hybridized carbons (Fsp3) is 0.909. The summed E-state index contributed by atoms with van der Waals surface area (Å²) in [7, 11) is 0. The fourth-order valence-electron chi connectivity index (χ4n) is 2.08. The number of aliphatic hydroxyl groups is 1. The zero-order valence-electron chi connectivity index (χ0n) is 9.62. The average molecular weight is 249 g/mol. The van der Waals surface area contributed by atoms with E-state index in [-0.39, 0.29) is 18.7 Å². The first kappa shape index (κ1) is 13.6. The van der Waals surface area contributed by atoms with Crippen LogP contribution in [0.15, 0.2) is 0 Å². The number of halogens is 1. The van der Waals surface area contributed by atoms with Crippen molar-refractivity contribution >= 4 is 17.6 Å². The number of urea groups is 1. The van der Waals surface area contributed by atoms with Gasteiger partial charge < -0.3 is 15.3 Å². The van der Waals surface area contributed by atoms with Crippen LogP contribution in [0.2, 0.25) is 0 Å². The summed E-state index contributed by atoms with van der Waals surface area (Å²) < 4.78 is 0. The third-order valence-corrected chi connectivity index (χ3v) is 3.20. The second kappa shape index (κ2) is 7.74. The van der Waals surface area contributed by atoms with Crippen molar-refractivity contribution in [3.63, 3.8) is 0 Å². The summed E-state index contributed by atoms with van der Waals surface area (Å²) in [4.78, 5) is 13.7. The van der Waals surface area contributed by atoms with E-state index < -0.39 is 0 Å². The standard InChI is InChI=1S/C11H21ClN2O2/c12-6-3-7-13-11(16)14-8-2-1-4-10(14)5-9-15/h10,15H,1-9H2,(H,13,16). The molecular formula is C11H21ClN2O2. The average Bonchev–Trinajstić information content (AvgIpc) is 2.30. The molecule has 1 fully saturated rings. The van der Waals surface area contributed by atoms with Crippen LogP contribution in [0.3, 0.4) is 0 Å². The highest BCUT2D eigenvalue weighted by atomic mass is 35.5. The summed E-state index contributed by atoms with van der Waals surface area (Å²) >= 11 is 5.55. The van der Waals surface area contributed by atoms with Gasteiger partial charge >= 0.3 is 6.03 Å². The van der Waals surface area contributed by atoms with Crippen molar-refractivity contribution in [2.75, 3.05) is 25.6 Å². The minimum atomic E-state index is -0.0109. The molecule has 1 unspecified atom stereocenters. The summed E-state index contributed by atoms with van der Waals surface area (Å²) in [6, 6.07) is 0.193. The van der Waals surface area contributed by atoms with Gasteiger partial charge in [-0.1, -0.05) is 0 Å². The van der Waals surface area contributed by atoms with Crippen molar-refractivity contribution in [3.05, 3.63) is 0 Å². The van der Waals surface area contributed by atoms with Gasteiger partial charge in [0.25, 0.3) is 0 Å². The van der Waals surface area contributed by atoms with E-state index in [0.717, 1.165) is 32.2 Å². The van der Waals surface area contributed by atoms with Crippen LogP contribution >= 0.6 is 11.6 Å². The quantitative estimate of drug-likeness (QED) is 0.573. The number of likely N-dealkylation sites (tertiary alicyclic amines) is 1. The van der Waals surface area contributed by atoms with E-state index >= 15 is 0 Å². The highest BCUT2D eigenvalue weighted by Crippen LogP contribution is 2.19. The Kier molecular flexibility index (Phi) is 6.57. The molecule has 0 aromatic rings. The topological polar surface area (TPSA) is 52.6 Å². The Morgan fingerprint density at radius 2 is 2.31 bits per heavy atom. The molecule has 1 atom stereocenters. The summed E-state index contributed by atoms with van der Waals surface area (Å²) in [6.07, 6.45) is 4.69. The van der Waals surface area contributed by atoms with Crippen LogP contribution < -0.4 is 5.32 Å². The molecule has 5 heteroatoms. The predicted octanol–water partition coefficient (Wildman–Crippen LogP) is 1.56. The molecule has 0 aromatic heterocycles. The van der Waals surface area contributed by atoms with Crippen molar-refractivity contribution in [3.8, 4) is 0 Å². The van der Waals surface area contributed by atoms with Crippen LogP contribution in [0, 0.1) is 0 Å². The van der Waals surface area contributed by atoms with Gasteiger partial charge in [-0.2, -0.15) is 0 Å². The summed E-state index contributed by atoms with van der Waals surface area (Å²) in [5.41, 5.74) is 0. The normalized spacial score (nSPS) is 20.9. The van der Waals surface area contributed by atoms with E-state index in [9.17, 15) is 4.79 Å². The van der Waals surface area contributed by atoms with Gasteiger partial charge in [-0.3, -0.25) is 0 Å². The van der Waals surface area contributed by atoms with Gasteiger partial charge in [-0.15, -0.1) is 11.6 Å². The zero-order valence-corrected chi connectivity index (χ0v) is 10.4. The third kappa shape index (κ3) is 4.18.